The Bertz CT molecular complexity index is 172. The van der Waals surface area contributed by atoms with Crippen LogP contribution in [0.1, 0.15) is 6.42 Å². The first-order chi connectivity index (χ1) is 6.11. The number of carbonyl (C=O) groups excluding carboxylic acids is 1. The van der Waals surface area contributed by atoms with Crippen molar-refractivity contribution in [3.05, 3.63) is 0 Å². The van der Waals surface area contributed by atoms with Gasteiger partial charge in [-0.1, -0.05) is 0 Å². The van der Waals surface area contributed by atoms with E-state index in [1.54, 1.807) is 0 Å². The van der Waals surface area contributed by atoms with E-state index in [0.717, 1.165) is 0 Å². The first kappa shape index (κ1) is 12.8. The molecule has 0 amide bonds. The third-order valence-corrected chi connectivity index (χ3v) is 2.05. The molecule has 0 fully saturated rings. The molecule has 0 aromatic heterocycles. The minimum atomic E-state index is -2.14. The molecule has 78 valence electrons. The lowest BCUT2D eigenvalue weighted by molar-refractivity contribution is -0.111. The highest BCUT2D eigenvalue weighted by molar-refractivity contribution is 7.38. The van der Waals surface area contributed by atoms with E-state index < -0.39 is 20.2 Å². The van der Waals surface area contributed by atoms with Gasteiger partial charge in [-0.05, 0) is 0 Å². The molecule has 5 nitrogen and oxygen atoms in total. The van der Waals surface area contributed by atoms with Gasteiger partial charge in [0.2, 0.25) is 0 Å². The van der Waals surface area contributed by atoms with Crippen LogP contribution in [-0.2, 0) is 18.6 Å². The van der Waals surface area contributed by atoms with Gasteiger partial charge < -0.3 is 19.2 Å². The van der Waals surface area contributed by atoms with Crippen molar-refractivity contribution in [1.29, 1.82) is 0 Å². The summed E-state index contributed by atoms with van der Waals surface area (Å²) in [6, 6.07) is 0. The van der Waals surface area contributed by atoms with Crippen LogP contribution in [0.2, 0.25) is 0 Å². The van der Waals surface area contributed by atoms with Crippen LogP contribution in [0.25, 0.3) is 0 Å². The second-order valence-corrected chi connectivity index (χ2v) is 3.79. The normalized spacial score (nSPS) is 17.8. The van der Waals surface area contributed by atoms with Gasteiger partial charge in [0.15, 0.2) is 8.03 Å². The van der Waals surface area contributed by atoms with Gasteiger partial charge in [0.1, 0.15) is 12.4 Å². The summed E-state index contributed by atoms with van der Waals surface area (Å²) in [6.07, 6.45) is -0.999. The summed E-state index contributed by atoms with van der Waals surface area (Å²) in [6.45, 7) is 1.47. The molecular weight excluding hydrogens is 195 g/mol. The number of methoxy groups -OCH3 is 1. The highest BCUT2D eigenvalue weighted by atomic mass is 31.1. The Labute approximate surface area is 77.9 Å². The molecule has 0 rings (SSSR count). The number of aliphatic hydroxyl groups is 1. The van der Waals surface area contributed by atoms with E-state index in [-0.39, 0.29) is 13.0 Å². The zero-order valence-electron chi connectivity index (χ0n) is 7.73. The van der Waals surface area contributed by atoms with Crippen molar-refractivity contribution >= 4 is 14.3 Å². The Morgan fingerprint density at radius 2 is 2.23 bits per heavy atom. The largest absolute Gasteiger partial charge is 0.388 e. The molecule has 0 bridgehead atoms. The fourth-order valence-electron chi connectivity index (χ4n) is 0.870. The van der Waals surface area contributed by atoms with Gasteiger partial charge in [0.25, 0.3) is 0 Å². The minimum Gasteiger partial charge on any atom is -0.388 e. The monoisotopic (exact) mass is 210 g/mol. The van der Waals surface area contributed by atoms with E-state index in [1.165, 1.54) is 13.8 Å². The Balaban J connectivity index is 4.04. The molecule has 13 heavy (non-hydrogen) atoms. The summed E-state index contributed by atoms with van der Waals surface area (Å²) in [7, 11) is -0.715. The third-order valence-electron chi connectivity index (χ3n) is 1.41. The summed E-state index contributed by atoms with van der Waals surface area (Å²) in [4.78, 5) is 10.2. The predicted octanol–water partition coefficient (Wildman–Crippen LogP) is 0.0724. The molecule has 3 atom stereocenters. The predicted molar refractivity (Wildman–Crippen MR) is 48.4 cm³/mol. The van der Waals surface area contributed by atoms with Crippen molar-refractivity contribution < 1.29 is 23.7 Å². The van der Waals surface area contributed by atoms with Gasteiger partial charge in [0, 0.05) is 20.2 Å². The minimum absolute atomic E-state index is 0.0226. The maximum absolute atomic E-state index is 10.7. The maximum Gasteiger partial charge on any atom is 0.189 e. The lowest BCUT2D eigenvalue weighted by Crippen LogP contribution is -2.31. The molecule has 0 aliphatic carbocycles. The molecule has 0 saturated carbocycles. The highest BCUT2D eigenvalue weighted by Gasteiger charge is 2.20. The van der Waals surface area contributed by atoms with Crippen LogP contribution in [0.4, 0.5) is 0 Å². The van der Waals surface area contributed by atoms with Gasteiger partial charge in [-0.15, -0.1) is 0 Å². The van der Waals surface area contributed by atoms with Gasteiger partial charge in [-0.3, -0.25) is 4.57 Å². The fraction of sp³-hybridized carbons (Fsp3) is 0.857. The molecule has 0 aliphatic rings. The van der Waals surface area contributed by atoms with E-state index >= 15 is 0 Å². The third kappa shape index (κ3) is 5.93. The smallest absolute Gasteiger partial charge is 0.189 e. The Morgan fingerprint density at radius 3 is 2.62 bits per heavy atom. The van der Waals surface area contributed by atoms with Crippen molar-refractivity contribution in [3.63, 3.8) is 0 Å². The number of ether oxygens (including phenoxy) is 1. The van der Waals surface area contributed by atoms with E-state index in [9.17, 15) is 14.5 Å². The molecule has 3 unspecified atom stereocenters. The SMILES string of the molecule is COCC(O)C(CC=O)O[PH](C)=O. The second-order valence-electron chi connectivity index (χ2n) is 2.57. The van der Waals surface area contributed by atoms with Crippen LogP contribution in [0.15, 0.2) is 0 Å². The molecule has 0 saturated heterocycles. The summed E-state index contributed by atoms with van der Waals surface area (Å²) in [5, 5.41) is 9.36. The first-order valence-corrected chi connectivity index (χ1v) is 5.71. The Hall–Kier alpha value is -0.220. The maximum atomic E-state index is 10.7. The van der Waals surface area contributed by atoms with Gasteiger partial charge in [-0.2, -0.15) is 0 Å². The molecule has 0 spiro atoms. The topological polar surface area (TPSA) is 72.8 Å². The molecule has 0 aromatic rings. The average Bonchev–Trinajstić information content (AvgIpc) is 2.03. The zero-order valence-corrected chi connectivity index (χ0v) is 8.73. The van der Waals surface area contributed by atoms with E-state index in [2.05, 4.69) is 4.74 Å². The van der Waals surface area contributed by atoms with E-state index in [1.807, 2.05) is 0 Å². The number of aliphatic hydroxyl groups excluding tert-OH is 1. The molecule has 0 heterocycles. The molecule has 0 aliphatic heterocycles. The van der Waals surface area contributed by atoms with Crippen LogP contribution in [0, 0.1) is 0 Å². The zero-order chi connectivity index (χ0) is 10.3. The summed E-state index contributed by atoms with van der Waals surface area (Å²) in [5.41, 5.74) is 0. The van der Waals surface area contributed by atoms with Crippen LogP contribution < -0.4 is 0 Å². The molecular formula is C7H15O5P. The van der Waals surface area contributed by atoms with Crippen molar-refractivity contribution in [1.82, 2.24) is 0 Å². The molecule has 6 heteroatoms. The van der Waals surface area contributed by atoms with Gasteiger partial charge in [-0.25, -0.2) is 0 Å². The Morgan fingerprint density at radius 1 is 1.62 bits per heavy atom. The molecule has 1 N–H and O–H groups in total. The lowest BCUT2D eigenvalue weighted by atomic mass is 10.2. The highest BCUT2D eigenvalue weighted by Crippen LogP contribution is 2.22. The standard InChI is InChI=1S/C7H15O5P/c1-11-5-6(9)7(3-4-8)12-13(2)10/h4,6-7,9,13H,3,5H2,1-2H3. The number of hydrogen-bond donors (Lipinski definition) is 1. The van der Waals surface area contributed by atoms with Crippen molar-refractivity contribution in [2.24, 2.45) is 0 Å². The molecule has 0 radical (unpaired) electrons. The Kier molecular flexibility index (Phi) is 7.09. The lowest BCUT2D eigenvalue weighted by Gasteiger charge is -2.19. The van der Waals surface area contributed by atoms with Gasteiger partial charge >= 0.3 is 0 Å². The fourth-order valence-corrected chi connectivity index (χ4v) is 1.55. The number of aldehydes is 1. The van der Waals surface area contributed by atoms with Crippen LogP contribution in [0.5, 0.6) is 0 Å². The second kappa shape index (κ2) is 7.21. The van der Waals surface area contributed by atoms with E-state index in [4.69, 9.17) is 4.52 Å². The van der Waals surface area contributed by atoms with Crippen LogP contribution in [0.3, 0.4) is 0 Å². The van der Waals surface area contributed by atoms with Gasteiger partial charge in [0.05, 0.1) is 12.7 Å². The van der Waals surface area contributed by atoms with E-state index in [0.29, 0.717) is 6.29 Å². The summed E-state index contributed by atoms with van der Waals surface area (Å²) < 4.78 is 20.3. The van der Waals surface area contributed by atoms with Crippen molar-refractivity contribution in [2.45, 2.75) is 18.6 Å². The van der Waals surface area contributed by atoms with Crippen molar-refractivity contribution in [3.8, 4) is 0 Å². The van der Waals surface area contributed by atoms with Crippen LogP contribution >= 0.6 is 8.03 Å². The first-order valence-electron chi connectivity index (χ1n) is 3.89. The van der Waals surface area contributed by atoms with Crippen LogP contribution in [-0.4, -0.2) is 44.0 Å². The summed E-state index contributed by atoms with van der Waals surface area (Å²) >= 11 is 0. The summed E-state index contributed by atoms with van der Waals surface area (Å²) in [5.74, 6) is 0. The quantitative estimate of drug-likeness (QED) is 0.475. The van der Waals surface area contributed by atoms with Crippen molar-refractivity contribution in [2.75, 3.05) is 20.4 Å². The molecule has 0 aromatic carbocycles. The number of hydrogen-bond acceptors (Lipinski definition) is 5. The number of carbonyl (C=O) groups is 1. The number of rotatable bonds is 7. The average molecular weight is 210 g/mol.